The number of nitrogens with zero attached hydrogens (tertiary/aromatic N) is 2. The number of nitriles is 1. The third-order valence-corrected chi connectivity index (χ3v) is 6.22. The molecule has 3 N–H and O–H groups in total. The molecule has 186 valence electrons. The predicted molar refractivity (Wildman–Crippen MR) is 149 cm³/mol. The van der Waals surface area contributed by atoms with E-state index in [2.05, 4.69) is 34.7 Å². The number of halogens is 2. The Labute approximate surface area is 223 Å². The van der Waals surface area contributed by atoms with Gasteiger partial charge in [0.25, 0.3) is 5.91 Å². The SMILES string of the molecule is C=Cc1c(C)ccc(-c2ccc(C#N)cc2Cl)c1N=C.O=C(O)CNC(=O)c1ccc2[nH]ccc2c1Cl. The number of rotatable bonds is 6. The van der Waals surface area contributed by atoms with E-state index in [9.17, 15) is 9.59 Å². The summed E-state index contributed by atoms with van der Waals surface area (Å²) in [5, 5.41) is 21.2. The highest BCUT2D eigenvalue weighted by Gasteiger charge is 2.14. The highest BCUT2D eigenvalue weighted by molar-refractivity contribution is 6.38. The molecular weight excluding hydrogens is 511 g/mol. The van der Waals surface area contributed by atoms with Crippen LogP contribution in [0.3, 0.4) is 0 Å². The van der Waals surface area contributed by atoms with E-state index in [1.54, 1.807) is 42.6 Å². The highest BCUT2D eigenvalue weighted by Crippen LogP contribution is 2.39. The van der Waals surface area contributed by atoms with Crippen LogP contribution in [0.5, 0.6) is 0 Å². The monoisotopic (exact) mass is 532 g/mol. The van der Waals surface area contributed by atoms with Crippen LogP contribution in [-0.2, 0) is 4.79 Å². The van der Waals surface area contributed by atoms with Gasteiger partial charge in [-0.05, 0) is 49.5 Å². The van der Waals surface area contributed by atoms with Crippen LogP contribution in [0.15, 0.2) is 66.3 Å². The Morgan fingerprint density at radius 3 is 2.51 bits per heavy atom. The number of aryl methyl sites for hydroxylation is 1. The standard InChI is InChI=1S/C17H13ClN2.C11H9ClN2O3/c1-4-13-11(2)5-7-15(17(13)20-3)14-8-6-12(10-19)9-16(14)18;12-10-6-3-4-13-8(6)2-1-7(10)11(17)14-5-9(15)16/h4-9H,1,3H2,2H3;1-4,13H,5H2,(H,14,17)(H,15,16). The number of amides is 1. The second kappa shape index (κ2) is 12.0. The van der Waals surface area contributed by atoms with Crippen LogP contribution in [0.4, 0.5) is 5.69 Å². The Hall–Kier alpha value is -4.38. The van der Waals surface area contributed by atoms with E-state index in [0.717, 1.165) is 38.8 Å². The third-order valence-electron chi connectivity index (χ3n) is 5.50. The first-order valence-corrected chi connectivity index (χ1v) is 11.7. The maximum Gasteiger partial charge on any atom is 0.322 e. The topological polar surface area (TPSA) is 118 Å². The zero-order chi connectivity index (χ0) is 27.1. The first-order valence-electron chi connectivity index (χ1n) is 10.9. The molecule has 3 aromatic carbocycles. The van der Waals surface area contributed by atoms with Gasteiger partial charge >= 0.3 is 5.97 Å². The number of hydrogen-bond donors (Lipinski definition) is 3. The van der Waals surface area contributed by atoms with Gasteiger partial charge < -0.3 is 15.4 Å². The molecule has 4 rings (SSSR count). The van der Waals surface area contributed by atoms with Crippen LogP contribution in [-0.4, -0.2) is 35.2 Å². The predicted octanol–water partition coefficient (Wildman–Crippen LogP) is 6.80. The molecule has 0 radical (unpaired) electrons. The summed E-state index contributed by atoms with van der Waals surface area (Å²) in [6.45, 7) is 9.02. The summed E-state index contributed by atoms with van der Waals surface area (Å²) < 4.78 is 0. The van der Waals surface area contributed by atoms with Crippen LogP contribution in [0, 0.1) is 18.3 Å². The quantitative estimate of drug-likeness (QED) is 0.236. The molecule has 7 nitrogen and oxygen atoms in total. The van der Waals surface area contributed by atoms with Gasteiger partial charge in [0, 0.05) is 38.8 Å². The number of hydrogen-bond acceptors (Lipinski definition) is 4. The Kier molecular flexibility index (Phi) is 8.86. The number of aromatic nitrogens is 1. The maximum absolute atomic E-state index is 11.7. The number of carboxylic acids is 1. The molecular formula is C28H22Cl2N4O3. The Morgan fingerprint density at radius 2 is 1.89 bits per heavy atom. The zero-order valence-electron chi connectivity index (χ0n) is 19.8. The average Bonchev–Trinajstić information content (AvgIpc) is 3.37. The maximum atomic E-state index is 11.7. The lowest BCUT2D eigenvalue weighted by atomic mass is 9.96. The van der Waals surface area contributed by atoms with E-state index in [1.165, 1.54) is 0 Å². The van der Waals surface area contributed by atoms with Gasteiger partial charge in [-0.3, -0.25) is 14.6 Å². The van der Waals surface area contributed by atoms with Crippen LogP contribution >= 0.6 is 23.2 Å². The molecule has 1 amide bonds. The Balaban J connectivity index is 0.000000208. The number of aromatic amines is 1. The van der Waals surface area contributed by atoms with Crippen molar-refractivity contribution in [3.63, 3.8) is 0 Å². The zero-order valence-corrected chi connectivity index (χ0v) is 21.3. The number of benzene rings is 3. The Morgan fingerprint density at radius 1 is 1.16 bits per heavy atom. The fraction of sp³-hybridized carbons (Fsp3) is 0.0714. The number of fused-ring (bicyclic) bond motifs is 1. The normalized spacial score (nSPS) is 10.1. The largest absolute Gasteiger partial charge is 0.480 e. The van der Waals surface area contributed by atoms with E-state index < -0.39 is 18.4 Å². The molecule has 0 aliphatic rings. The van der Waals surface area contributed by atoms with Crippen molar-refractivity contribution in [1.82, 2.24) is 10.3 Å². The van der Waals surface area contributed by atoms with Gasteiger partial charge in [0.15, 0.2) is 0 Å². The molecule has 1 aromatic heterocycles. The van der Waals surface area contributed by atoms with E-state index in [4.69, 9.17) is 33.6 Å². The molecule has 0 spiro atoms. The number of carbonyl (C=O) groups is 2. The van der Waals surface area contributed by atoms with E-state index in [-0.39, 0.29) is 5.56 Å². The van der Waals surface area contributed by atoms with Gasteiger partial charge in [0.05, 0.1) is 27.9 Å². The molecule has 4 aromatic rings. The van der Waals surface area contributed by atoms with Crippen molar-refractivity contribution in [3.8, 4) is 17.2 Å². The number of H-pyrrole nitrogens is 1. The van der Waals surface area contributed by atoms with E-state index in [1.807, 2.05) is 25.1 Å². The summed E-state index contributed by atoms with van der Waals surface area (Å²) >= 11 is 12.3. The number of aliphatic carboxylic acids is 1. The van der Waals surface area contributed by atoms with Gasteiger partial charge in [-0.1, -0.05) is 54.1 Å². The summed E-state index contributed by atoms with van der Waals surface area (Å²) in [5.41, 5.74) is 6.11. The smallest absolute Gasteiger partial charge is 0.322 e. The number of aliphatic imine (C=N–C) groups is 1. The lowest BCUT2D eigenvalue weighted by Crippen LogP contribution is -2.29. The van der Waals surface area contributed by atoms with Crippen molar-refractivity contribution >= 4 is 64.5 Å². The van der Waals surface area contributed by atoms with E-state index >= 15 is 0 Å². The first kappa shape index (κ1) is 27.2. The van der Waals surface area contributed by atoms with Crippen molar-refractivity contribution in [3.05, 3.63) is 93.6 Å². The Bertz CT molecular complexity index is 1570. The van der Waals surface area contributed by atoms with Crippen molar-refractivity contribution in [2.45, 2.75) is 6.92 Å². The fourth-order valence-corrected chi connectivity index (χ4v) is 4.28. The molecule has 0 aliphatic heterocycles. The summed E-state index contributed by atoms with van der Waals surface area (Å²) in [7, 11) is 0. The summed E-state index contributed by atoms with van der Waals surface area (Å²) in [6.07, 6.45) is 3.48. The average molecular weight is 533 g/mol. The molecule has 0 atom stereocenters. The van der Waals surface area contributed by atoms with Crippen molar-refractivity contribution in [2.24, 2.45) is 4.99 Å². The van der Waals surface area contributed by atoms with Crippen molar-refractivity contribution < 1.29 is 14.7 Å². The van der Waals surface area contributed by atoms with Gasteiger partial charge in [-0.25, -0.2) is 0 Å². The highest BCUT2D eigenvalue weighted by atomic mass is 35.5. The van der Waals surface area contributed by atoms with Crippen LogP contribution in [0.1, 0.15) is 27.0 Å². The molecule has 1 heterocycles. The lowest BCUT2D eigenvalue weighted by Gasteiger charge is -2.12. The van der Waals surface area contributed by atoms with E-state index in [0.29, 0.717) is 15.6 Å². The lowest BCUT2D eigenvalue weighted by molar-refractivity contribution is -0.135. The van der Waals surface area contributed by atoms with Gasteiger partial charge in [-0.2, -0.15) is 5.26 Å². The minimum atomic E-state index is -1.10. The summed E-state index contributed by atoms with van der Waals surface area (Å²) in [6, 6.07) is 16.3. The summed E-state index contributed by atoms with van der Waals surface area (Å²) in [5.74, 6) is -1.60. The first-order chi connectivity index (χ1) is 17.7. The number of nitrogens with one attached hydrogen (secondary N) is 2. The number of carboxylic acid groups (broad SMARTS) is 1. The fourth-order valence-electron chi connectivity index (χ4n) is 3.68. The molecule has 0 unspecified atom stereocenters. The van der Waals surface area contributed by atoms with Crippen molar-refractivity contribution in [2.75, 3.05) is 6.54 Å². The third kappa shape index (κ3) is 6.07. The minimum Gasteiger partial charge on any atom is -0.480 e. The second-order valence-corrected chi connectivity index (χ2v) is 8.59. The molecule has 0 saturated carbocycles. The van der Waals surface area contributed by atoms with Gasteiger partial charge in [0.1, 0.15) is 6.54 Å². The molecule has 0 aliphatic carbocycles. The molecule has 0 saturated heterocycles. The number of carbonyl (C=O) groups excluding carboxylic acids is 1. The van der Waals surface area contributed by atoms with Crippen LogP contribution in [0.2, 0.25) is 10.0 Å². The summed E-state index contributed by atoms with van der Waals surface area (Å²) in [4.78, 5) is 29.1. The van der Waals surface area contributed by atoms with Crippen LogP contribution < -0.4 is 5.32 Å². The molecule has 37 heavy (non-hydrogen) atoms. The molecule has 9 heteroatoms. The van der Waals surface area contributed by atoms with Crippen LogP contribution in [0.25, 0.3) is 28.1 Å². The second-order valence-electron chi connectivity index (χ2n) is 7.80. The molecule has 0 bridgehead atoms. The minimum absolute atomic E-state index is 0.264. The molecule has 0 fully saturated rings. The van der Waals surface area contributed by atoms with Gasteiger partial charge in [-0.15, -0.1) is 0 Å². The van der Waals surface area contributed by atoms with Crippen molar-refractivity contribution in [1.29, 1.82) is 5.26 Å². The van der Waals surface area contributed by atoms with Gasteiger partial charge in [0.2, 0.25) is 0 Å².